The molecule has 6 atom stereocenters. The van der Waals surface area contributed by atoms with Crippen LogP contribution in [0.1, 0.15) is 63.7 Å². The van der Waals surface area contributed by atoms with Crippen molar-refractivity contribution in [2.45, 2.75) is 84.0 Å². The second kappa shape index (κ2) is 6.11. The van der Waals surface area contributed by atoms with E-state index < -0.39 is 8.32 Å². The van der Waals surface area contributed by atoms with Crippen LogP contribution in [-0.2, 0) is 10.8 Å². The molecule has 156 valence electrons. The van der Waals surface area contributed by atoms with Gasteiger partial charge in [0.15, 0.2) is 14.1 Å². The molecule has 0 bridgehead atoms. The van der Waals surface area contributed by atoms with Gasteiger partial charge in [-0.05, 0) is 93.8 Å². The third-order valence-corrected chi connectivity index (χ3v) is 10.1. The van der Waals surface area contributed by atoms with Crippen LogP contribution in [0.4, 0.5) is 0 Å². The van der Waals surface area contributed by atoms with Crippen LogP contribution in [0, 0.1) is 40.9 Å². The van der Waals surface area contributed by atoms with E-state index in [1.54, 1.807) is 5.57 Å². The quantitative estimate of drug-likeness (QED) is 0.438. The normalized spacial score (nSPS) is 43.4. The summed E-state index contributed by atoms with van der Waals surface area (Å²) >= 11 is 0. The van der Waals surface area contributed by atoms with Gasteiger partial charge in [-0.1, -0.05) is 30.5 Å². The summed E-state index contributed by atoms with van der Waals surface area (Å²) in [5.74, 6) is 6.37. The number of terminal acetylenes is 1. The zero-order valence-electron chi connectivity index (χ0n) is 18.7. The highest BCUT2D eigenvalue weighted by Crippen LogP contribution is 2.68. The Labute approximate surface area is 176 Å². The molecule has 0 radical (unpaired) electrons. The van der Waals surface area contributed by atoms with E-state index in [-0.39, 0.29) is 16.4 Å². The summed E-state index contributed by atoms with van der Waals surface area (Å²) in [7, 11) is -1.73. The Morgan fingerprint density at radius 1 is 1.17 bits per heavy atom. The van der Waals surface area contributed by atoms with Crippen molar-refractivity contribution in [3.8, 4) is 12.3 Å². The van der Waals surface area contributed by atoms with Crippen molar-refractivity contribution in [3.63, 3.8) is 0 Å². The predicted octanol–water partition coefficient (Wildman–Crippen LogP) is 6.08. The van der Waals surface area contributed by atoms with E-state index in [2.05, 4.69) is 50.6 Å². The van der Waals surface area contributed by atoms with Crippen molar-refractivity contribution in [2.75, 3.05) is 0 Å². The summed E-state index contributed by atoms with van der Waals surface area (Å²) in [6, 6.07) is 0. The number of hydrogen-bond acceptors (Lipinski definition) is 3. The molecule has 1 heterocycles. The zero-order valence-corrected chi connectivity index (χ0v) is 19.7. The molecule has 0 aliphatic heterocycles. The summed E-state index contributed by atoms with van der Waals surface area (Å²) in [5.41, 5.74) is 2.86. The molecule has 0 aromatic carbocycles. The van der Waals surface area contributed by atoms with E-state index in [1.807, 2.05) is 6.20 Å². The maximum absolute atomic E-state index is 6.83. The Kier molecular flexibility index (Phi) is 4.14. The minimum atomic E-state index is -1.73. The minimum absolute atomic E-state index is 0.109. The van der Waals surface area contributed by atoms with E-state index >= 15 is 0 Å². The van der Waals surface area contributed by atoms with Crippen LogP contribution in [0.5, 0.6) is 0 Å². The molecule has 3 nitrogen and oxygen atoms in total. The van der Waals surface area contributed by atoms with Gasteiger partial charge in [-0.3, -0.25) is 0 Å². The van der Waals surface area contributed by atoms with Crippen molar-refractivity contribution >= 4 is 14.4 Å². The average molecular weight is 410 g/mol. The SMILES string of the molecule is C#C[C@]1(O[Si](C)(C)C)CC[C@H]2[C@@H]3CCC4=Cc5oncc5C[C@]4(C)[C@H]3CC[C@@]21C. The van der Waals surface area contributed by atoms with Crippen molar-refractivity contribution in [1.29, 1.82) is 0 Å². The smallest absolute Gasteiger partial charge is 0.185 e. The van der Waals surface area contributed by atoms with Crippen LogP contribution < -0.4 is 0 Å². The zero-order chi connectivity index (χ0) is 20.7. The number of rotatable bonds is 2. The Bertz CT molecular complexity index is 905. The first-order valence-electron chi connectivity index (χ1n) is 11.4. The lowest BCUT2D eigenvalue weighted by Gasteiger charge is -2.59. The highest BCUT2D eigenvalue weighted by molar-refractivity contribution is 6.69. The monoisotopic (exact) mass is 409 g/mol. The van der Waals surface area contributed by atoms with Gasteiger partial charge >= 0.3 is 0 Å². The lowest BCUT2D eigenvalue weighted by molar-refractivity contribution is -0.0902. The Balaban J connectivity index is 1.49. The molecule has 1 aromatic rings. The second-order valence-electron chi connectivity index (χ2n) is 11.6. The van der Waals surface area contributed by atoms with Gasteiger partial charge in [0.05, 0.1) is 6.20 Å². The highest BCUT2D eigenvalue weighted by Gasteiger charge is 2.65. The van der Waals surface area contributed by atoms with Crippen molar-refractivity contribution in [3.05, 3.63) is 23.1 Å². The van der Waals surface area contributed by atoms with Gasteiger partial charge in [-0.15, -0.1) is 6.42 Å². The van der Waals surface area contributed by atoms with E-state index in [0.29, 0.717) is 5.92 Å². The average Bonchev–Trinajstić information content (AvgIpc) is 3.20. The molecular formula is C25H35NO2Si. The topological polar surface area (TPSA) is 35.3 Å². The van der Waals surface area contributed by atoms with Crippen LogP contribution in [0.25, 0.3) is 6.08 Å². The number of nitrogens with zero attached hydrogens (tertiary/aromatic N) is 1. The summed E-state index contributed by atoms with van der Waals surface area (Å²) in [4.78, 5) is 0. The third-order valence-electron chi connectivity index (χ3n) is 9.11. The predicted molar refractivity (Wildman–Crippen MR) is 119 cm³/mol. The molecule has 4 aliphatic carbocycles. The maximum atomic E-state index is 6.83. The molecule has 3 saturated carbocycles. The van der Waals surface area contributed by atoms with Crippen LogP contribution in [0.3, 0.4) is 0 Å². The molecular weight excluding hydrogens is 374 g/mol. The van der Waals surface area contributed by atoms with Gasteiger partial charge in [0.2, 0.25) is 0 Å². The number of hydrogen-bond donors (Lipinski definition) is 0. The first-order chi connectivity index (χ1) is 13.6. The summed E-state index contributed by atoms with van der Waals surface area (Å²) in [6.45, 7) is 11.8. The summed E-state index contributed by atoms with van der Waals surface area (Å²) < 4.78 is 12.3. The largest absolute Gasteiger partial charge is 0.401 e. The van der Waals surface area contributed by atoms with Crippen molar-refractivity contribution in [1.82, 2.24) is 5.16 Å². The molecule has 0 amide bonds. The number of aromatic nitrogens is 1. The Morgan fingerprint density at radius 3 is 2.66 bits per heavy atom. The summed E-state index contributed by atoms with van der Waals surface area (Å²) in [5, 5.41) is 4.07. The fraction of sp³-hybridized carbons (Fsp3) is 0.720. The first kappa shape index (κ1) is 19.6. The van der Waals surface area contributed by atoms with Gasteiger partial charge in [-0.2, -0.15) is 0 Å². The van der Waals surface area contributed by atoms with Crippen molar-refractivity contribution < 1.29 is 8.95 Å². The van der Waals surface area contributed by atoms with E-state index in [1.165, 1.54) is 37.7 Å². The van der Waals surface area contributed by atoms with Crippen LogP contribution in [0.2, 0.25) is 19.6 Å². The lowest BCUT2D eigenvalue weighted by Crippen LogP contribution is -2.57. The van der Waals surface area contributed by atoms with Crippen LogP contribution >= 0.6 is 0 Å². The lowest BCUT2D eigenvalue weighted by atomic mass is 9.46. The number of allylic oxidation sites excluding steroid dienone is 1. The van der Waals surface area contributed by atoms with Gasteiger partial charge in [0.1, 0.15) is 5.60 Å². The molecule has 4 heteroatoms. The Hall–Kier alpha value is -1.31. The molecule has 0 unspecified atom stereocenters. The van der Waals surface area contributed by atoms with Crippen LogP contribution in [-0.4, -0.2) is 19.1 Å². The van der Waals surface area contributed by atoms with Gasteiger partial charge in [-0.25, -0.2) is 0 Å². The minimum Gasteiger partial charge on any atom is -0.401 e. The Morgan fingerprint density at radius 2 is 1.93 bits per heavy atom. The maximum Gasteiger partial charge on any atom is 0.185 e. The van der Waals surface area contributed by atoms with E-state index in [4.69, 9.17) is 15.4 Å². The third kappa shape index (κ3) is 2.63. The van der Waals surface area contributed by atoms with Crippen molar-refractivity contribution in [2.24, 2.45) is 28.6 Å². The van der Waals surface area contributed by atoms with Gasteiger partial charge in [0.25, 0.3) is 0 Å². The molecule has 5 rings (SSSR count). The summed E-state index contributed by atoms with van der Waals surface area (Å²) in [6.07, 6.45) is 18.7. The molecule has 3 fully saturated rings. The molecule has 4 aliphatic rings. The molecule has 0 spiro atoms. The molecule has 0 saturated heterocycles. The van der Waals surface area contributed by atoms with Gasteiger partial charge in [0, 0.05) is 11.0 Å². The molecule has 29 heavy (non-hydrogen) atoms. The van der Waals surface area contributed by atoms with E-state index in [9.17, 15) is 0 Å². The number of fused-ring (bicyclic) bond motifs is 6. The first-order valence-corrected chi connectivity index (χ1v) is 14.9. The van der Waals surface area contributed by atoms with E-state index in [0.717, 1.165) is 30.4 Å². The fourth-order valence-electron chi connectivity index (χ4n) is 7.84. The van der Waals surface area contributed by atoms with Crippen LogP contribution in [0.15, 0.2) is 16.3 Å². The molecule has 0 N–H and O–H groups in total. The highest BCUT2D eigenvalue weighted by atomic mass is 28.4. The standard InChI is InChI=1S/C25H35NO2Si/c1-7-25(28-29(4,5)6)13-11-21-19-9-8-18-14-22-17(16-26-27-22)15-23(18,2)20(19)10-12-24(21,25)3/h1,14,16,19-21H,8-13,15H2,2-6H3/t19-,20+,21+,23+,24+,25+/m1/s1. The fourth-order valence-corrected chi connectivity index (χ4v) is 9.28. The molecule has 1 aromatic heterocycles. The second-order valence-corrected chi connectivity index (χ2v) is 16.0. The van der Waals surface area contributed by atoms with Gasteiger partial charge < -0.3 is 8.95 Å².